The van der Waals surface area contributed by atoms with Crippen LogP contribution in [-0.2, 0) is 19.4 Å². The van der Waals surface area contributed by atoms with E-state index in [9.17, 15) is 13.2 Å². The Hall–Kier alpha value is -2.88. The highest BCUT2D eigenvalue weighted by molar-refractivity contribution is 7.91. The van der Waals surface area contributed by atoms with Crippen LogP contribution in [0.5, 0.6) is 0 Å². The van der Waals surface area contributed by atoms with Gasteiger partial charge in [0.25, 0.3) is 0 Å². The van der Waals surface area contributed by atoms with Gasteiger partial charge in [0.2, 0.25) is 32.5 Å². The molecule has 1 aliphatic rings. The molecule has 0 bridgehead atoms. The molecule has 1 fully saturated rings. The third-order valence-corrected chi connectivity index (χ3v) is 7.09. The molecule has 2 heterocycles. The van der Waals surface area contributed by atoms with Crippen LogP contribution in [0.25, 0.3) is 11.5 Å². The molecule has 0 saturated carbocycles. The fourth-order valence-electron chi connectivity index (χ4n) is 3.47. The average molecular weight is 476 g/mol. The van der Waals surface area contributed by atoms with E-state index in [-0.39, 0.29) is 34.2 Å². The Morgan fingerprint density at radius 3 is 2.34 bits per heavy atom. The first-order chi connectivity index (χ1) is 15.4. The Bertz CT molecular complexity index is 1190. The summed E-state index contributed by atoms with van der Waals surface area (Å²) in [5.41, 5.74) is 0.610. The summed E-state index contributed by atoms with van der Waals surface area (Å²) in [5.74, 6) is 0.241. The second-order valence-corrected chi connectivity index (χ2v) is 9.55. The van der Waals surface area contributed by atoms with Crippen molar-refractivity contribution in [1.82, 2.24) is 9.88 Å². The van der Waals surface area contributed by atoms with Crippen molar-refractivity contribution in [2.45, 2.75) is 9.92 Å². The van der Waals surface area contributed by atoms with E-state index in [0.717, 1.165) is 0 Å². The molecule has 0 atom stereocenters. The summed E-state index contributed by atoms with van der Waals surface area (Å²) < 4.78 is 37.7. The second-order valence-electron chi connectivity index (χ2n) is 7.25. The van der Waals surface area contributed by atoms with Gasteiger partial charge in [-0.3, -0.25) is 4.79 Å². The van der Waals surface area contributed by atoms with Gasteiger partial charge in [-0.05, 0) is 36.4 Å². The summed E-state index contributed by atoms with van der Waals surface area (Å²) >= 11 is 5.98. The van der Waals surface area contributed by atoms with Crippen LogP contribution in [0, 0.1) is 0 Å². The number of nitrogens with zero attached hydrogens (tertiary/aromatic N) is 3. The van der Waals surface area contributed by atoms with Crippen molar-refractivity contribution in [1.29, 1.82) is 0 Å². The summed E-state index contributed by atoms with van der Waals surface area (Å²) in [5, 5.41) is 0.403. The Kier molecular flexibility index (Phi) is 6.50. The molecule has 2 aromatic carbocycles. The van der Waals surface area contributed by atoms with E-state index in [4.69, 9.17) is 20.8 Å². The van der Waals surface area contributed by atoms with Crippen molar-refractivity contribution in [2.24, 2.45) is 0 Å². The van der Waals surface area contributed by atoms with Crippen molar-refractivity contribution in [3.05, 3.63) is 59.6 Å². The zero-order valence-corrected chi connectivity index (χ0v) is 19.0. The number of carbonyl (C=O) groups excluding carboxylic acids is 1. The highest BCUT2D eigenvalue weighted by atomic mass is 35.5. The monoisotopic (exact) mass is 475 g/mol. The van der Waals surface area contributed by atoms with Gasteiger partial charge in [-0.1, -0.05) is 29.8 Å². The molecule has 1 aliphatic heterocycles. The third-order valence-electron chi connectivity index (χ3n) is 5.17. The van der Waals surface area contributed by atoms with E-state index in [0.29, 0.717) is 36.8 Å². The smallest absolute Gasteiger partial charge is 0.248 e. The van der Waals surface area contributed by atoms with Gasteiger partial charge in [0.1, 0.15) is 6.61 Å². The average Bonchev–Trinajstić information content (AvgIpc) is 3.27. The first kappa shape index (κ1) is 22.3. The second kappa shape index (κ2) is 9.32. The number of hydrogen-bond donors (Lipinski definition) is 0. The van der Waals surface area contributed by atoms with Crippen LogP contribution in [-0.4, -0.2) is 64.1 Å². The lowest BCUT2D eigenvalue weighted by molar-refractivity contribution is -0.135. The molecule has 0 spiro atoms. The third kappa shape index (κ3) is 4.50. The highest BCUT2D eigenvalue weighted by Gasteiger charge is 2.33. The van der Waals surface area contributed by atoms with Crippen molar-refractivity contribution >= 4 is 33.2 Å². The van der Waals surface area contributed by atoms with Crippen LogP contribution < -0.4 is 4.90 Å². The minimum Gasteiger partial charge on any atom is -0.419 e. The van der Waals surface area contributed by atoms with Gasteiger partial charge < -0.3 is 19.0 Å². The number of aromatic nitrogens is 1. The predicted octanol–water partition coefficient (Wildman–Crippen LogP) is 3.12. The molecule has 32 heavy (non-hydrogen) atoms. The SMILES string of the molecule is COCC(=O)N1CCN(c2oc(-c3ccc(Cl)cc3)nc2S(=O)(=O)c2ccccc2)CC1. The highest BCUT2D eigenvalue weighted by Crippen LogP contribution is 2.35. The number of halogens is 1. The van der Waals surface area contributed by atoms with Crippen molar-refractivity contribution in [3.8, 4) is 11.5 Å². The summed E-state index contributed by atoms with van der Waals surface area (Å²) in [6.07, 6.45) is 0. The lowest BCUT2D eigenvalue weighted by Crippen LogP contribution is -2.49. The number of carbonyl (C=O) groups is 1. The molecule has 3 aromatic rings. The Labute approximate surface area is 191 Å². The van der Waals surface area contributed by atoms with Crippen molar-refractivity contribution in [3.63, 3.8) is 0 Å². The predicted molar refractivity (Wildman–Crippen MR) is 120 cm³/mol. The molecule has 1 amide bonds. The van der Waals surface area contributed by atoms with Gasteiger partial charge in [-0.25, -0.2) is 8.42 Å². The molecule has 168 valence electrons. The van der Waals surface area contributed by atoms with Crippen LogP contribution in [0.2, 0.25) is 5.02 Å². The molecule has 0 N–H and O–H groups in total. The number of amides is 1. The van der Waals surface area contributed by atoms with Crippen molar-refractivity contribution in [2.75, 3.05) is 44.8 Å². The van der Waals surface area contributed by atoms with Crippen molar-refractivity contribution < 1.29 is 22.4 Å². The lowest BCUT2D eigenvalue weighted by Gasteiger charge is -2.34. The number of rotatable bonds is 6. The molecular formula is C22H22ClN3O5S. The molecule has 4 rings (SSSR count). The maximum Gasteiger partial charge on any atom is 0.248 e. The van der Waals surface area contributed by atoms with E-state index in [1.165, 1.54) is 19.2 Å². The Morgan fingerprint density at radius 1 is 1.06 bits per heavy atom. The maximum absolute atomic E-state index is 13.4. The first-order valence-corrected chi connectivity index (χ1v) is 11.8. The maximum atomic E-state index is 13.4. The zero-order valence-electron chi connectivity index (χ0n) is 17.4. The molecule has 10 heteroatoms. The van der Waals surface area contributed by atoms with Gasteiger partial charge in [0.15, 0.2) is 0 Å². The van der Waals surface area contributed by atoms with E-state index in [1.807, 2.05) is 0 Å². The van der Waals surface area contributed by atoms with Gasteiger partial charge >= 0.3 is 0 Å². The number of anilines is 1. The van der Waals surface area contributed by atoms with Gasteiger partial charge in [-0.2, -0.15) is 4.98 Å². The minimum absolute atomic E-state index is 0.0106. The van der Waals surface area contributed by atoms with Crippen LogP contribution in [0.3, 0.4) is 0 Å². The Morgan fingerprint density at radius 2 is 1.72 bits per heavy atom. The normalized spacial score (nSPS) is 14.6. The minimum atomic E-state index is -3.93. The molecule has 1 saturated heterocycles. The number of ether oxygens (including phenoxy) is 1. The molecule has 0 aliphatic carbocycles. The summed E-state index contributed by atoms with van der Waals surface area (Å²) in [7, 11) is -2.45. The number of hydrogen-bond acceptors (Lipinski definition) is 7. The summed E-state index contributed by atoms with van der Waals surface area (Å²) in [4.78, 5) is 20.1. The number of methoxy groups -OCH3 is 1. The number of benzene rings is 2. The van der Waals surface area contributed by atoms with Gasteiger partial charge in [0, 0.05) is 43.9 Å². The van der Waals surface area contributed by atoms with E-state index in [1.54, 1.807) is 52.3 Å². The molecule has 8 nitrogen and oxygen atoms in total. The van der Waals surface area contributed by atoms with Crippen LogP contribution >= 0.6 is 11.6 Å². The first-order valence-electron chi connectivity index (χ1n) is 9.98. The van der Waals surface area contributed by atoms with E-state index < -0.39 is 9.84 Å². The molecular weight excluding hydrogens is 454 g/mol. The number of sulfone groups is 1. The summed E-state index contributed by atoms with van der Waals surface area (Å²) in [6.45, 7) is 1.66. The fourth-order valence-corrected chi connectivity index (χ4v) is 4.94. The van der Waals surface area contributed by atoms with Crippen LogP contribution in [0.1, 0.15) is 0 Å². The van der Waals surface area contributed by atoms with Gasteiger partial charge in [0.05, 0.1) is 4.90 Å². The fraction of sp³-hybridized carbons (Fsp3) is 0.273. The molecule has 0 unspecified atom stereocenters. The quantitative estimate of drug-likeness (QED) is 0.540. The van der Waals surface area contributed by atoms with Gasteiger partial charge in [-0.15, -0.1) is 0 Å². The summed E-state index contributed by atoms with van der Waals surface area (Å²) in [6, 6.07) is 14.9. The number of piperazine rings is 1. The topological polar surface area (TPSA) is 92.9 Å². The van der Waals surface area contributed by atoms with Crippen LogP contribution in [0.15, 0.2) is 68.9 Å². The van der Waals surface area contributed by atoms with Crippen LogP contribution in [0.4, 0.5) is 5.88 Å². The number of oxazole rings is 1. The zero-order chi connectivity index (χ0) is 22.7. The molecule has 1 aromatic heterocycles. The van der Waals surface area contributed by atoms with E-state index in [2.05, 4.69) is 4.98 Å². The van der Waals surface area contributed by atoms with E-state index >= 15 is 0 Å². The largest absolute Gasteiger partial charge is 0.419 e. The molecule has 0 radical (unpaired) electrons. The Balaban J connectivity index is 1.71. The lowest BCUT2D eigenvalue weighted by atomic mass is 10.2. The standard InChI is InChI=1S/C22H22ClN3O5S/c1-30-15-19(27)25-11-13-26(14-12-25)22-21(32(28,29)18-5-3-2-4-6-18)24-20(31-22)16-7-9-17(23)10-8-16/h2-10H,11-15H2,1H3.